The van der Waals surface area contributed by atoms with Gasteiger partial charge in [0.15, 0.2) is 11.5 Å². The Bertz CT molecular complexity index is 914. The van der Waals surface area contributed by atoms with Crippen LogP contribution < -0.4 is 20.1 Å². The summed E-state index contributed by atoms with van der Waals surface area (Å²) < 4.78 is 24.2. The van der Waals surface area contributed by atoms with Crippen LogP contribution in [0.4, 0.5) is 9.18 Å². The molecule has 0 saturated carbocycles. The molecule has 26 heavy (non-hydrogen) atoms. The summed E-state index contributed by atoms with van der Waals surface area (Å²) in [4.78, 5) is 22.8. The predicted molar refractivity (Wildman–Crippen MR) is 93.4 cm³/mol. The van der Waals surface area contributed by atoms with Gasteiger partial charge in [-0.2, -0.15) is 0 Å². The molecule has 2 N–H and O–H groups in total. The zero-order chi connectivity index (χ0) is 18.7. The van der Waals surface area contributed by atoms with Gasteiger partial charge >= 0.3 is 6.03 Å². The normalized spacial score (nSPS) is 15.0. The number of ether oxygens (including phenoxy) is 2. The Balaban J connectivity index is 1.84. The Morgan fingerprint density at radius 2 is 2.00 bits per heavy atom. The minimum absolute atomic E-state index is 0.0987. The highest BCUT2D eigenvalue weighted by Gasteiger charge is 2.23. The molecule has 0 aliphatic carbocycles. The van der Waals surface area contributed by atoms with E-state index in [1.807, 2.05) is 0 Å². The van der Waals surface area contributed by atoms with Crippen molar-refractivity contribution in [3.05, 3.63) is 64.1 Å². The third kappa shape index (κ3) is 3.94. The first-order valence-corrected chi connectivity index (χ1v) is 7.93. The van der Waals surface area contributed by atoms with E-state index in [0.717, 1.165) is 0 Å². The molecule has 3 rings (SSSR count). The summed E-state index contributed by atoms with van der Waals surface area (Å²) in [7, 11) is 1.45. The molecule has 0 radical (unpaired) electrons. The number of nitrogens with one attached hydrogen (secondary N) is 2. The van der Waals surface area contributed by atoms with Crippen LogP contribution >= 0.6 is 11.6 Å². The quantitative estimate of drug-likeness (QED) is 0.620. The van der Waals surface area contributed by atoms with E-state index in [0.29, 0.717) is 22.6 Å². The molecule has 3 amide bonds. The lowest BCUT2D eigenvalue weighted by Gasteiger charge is -2.13. The number of rotatable bonds is 5. The lowest BCUT2D eigenvalue weighted by atomic mass is 10.1. The highest BCUT2D eigenvalue weighted by molar-refractivity contribution is 6.32. The van der Waals surface area contributed by atoms with Crippen LogP contribution in [0.1, 0.15) is 11.1 Å². The fourth-order valence-electron chi connectivity index (χ4n) is 2.39. The van der Waals surface area contributed by atoms with Gasteiger partial charge in [0.2, 0.25) is 0 Å². The fourth-order valence-corrected chi connectivity index (χ4v) is 2.67. The van der Waals surface area contributed by atoms with E-state index in [1.165, 1.54) is 25.3 Å². The zero-order valence-corrected chi connectivity index (χ0v) is 14.4. The smallest absolute Gasteiger partial charge is 0.326 e. The van der Waals surface area contributed by atoms with Gasteiger partial charge in [-0.15, -0.1) is 0 Å². The van der Waals surface area contributed by atoms with Crippen molar-refractivity contribution in [2.75, 3.05) is 7.11 Å². The Morgan fingerprint density at radius 3 is 2.65 bits per heavy atom. The highest BCUT2D eigenvalue weighted by Crippen LogP contribution is 2.37. The van der Waals surface area contributed by atoms with Crippen molar-refractivity contribution in [2.24, 2.45) is 0 Å². The maximum absolute atomic E-state index is 13.2. The summed E-state index contributed by atoms with van der Waals surface area (Å²) in [5.41, 5.74) is 1.28. The van der Waals surface area contributed by atoms with Gasteiger partial charge in [0.25, 0.3) is 5.91 Å². The van der Waals surface area contributed by atoms with Crippen LogP contribution in [0.15, 0.2) is 42.1 Å². The van der Waals surface area contributed by atoms with Gasteiger partial charge in [-0.3, -0.25) is 10.1 Å². The van der Waals surface area contributed by atoms with Crippen molar-refractivity contribution < 1.29 is 23.5 Å². The molecule has 1 fully saturated rings. The largest absolute Gasteiger partial charge is 0.493 e. The lowest BCUT2D eigenvalue weighted by molar-refractivity contribution is -0.115. The number of halogens is 2. The Kier molecular flexibility index (Phi) is 5.09. The topological polar surface area (TPSA) is 76.7 Å². The molecule has 8 heteroatoms. The number of imide groups is 1. The SMILES string of the molecule is COc1cc(/C=C2/NC(=O)NC2=O)cc(Cl)c1OCc1cccc(F)c1. The molecule has 134 valence electrons. The maximum Gasteiger partial charge on any atom is 0.326 e. The molecule has 2 aromatic carbocycles. The second kappa shape index (κ2) is 7.45. The number of urea groups is 1. The molecule has 6 nitrogen and oxygen atoms in total. The first kappa shape index (κ1) is 17.8. The summed E-state index contributed by atoms with van der Waals surface area (Å²) in [5.74, 6) is -0.259. The van der Waals surface area contributed by atoms with E-state index in [4.69, 9.17) is 21.1 Å². The van der Waals surface area contributed by atoms with Gasteiger partial charge in [-0.1, -0.05) is 23.7 Å². The monoisotopic (exact) mass is 376 g/mol. The molecule has 1 aliphatic rings. The third-order valence-corrected chi connectivity index (χ3v) is 3.84. The van der Waals surface area contributed by atoms with Gasteiger partial charge < -0.3 is 14.8 Å². The Morgan fingerprint density at radius 1 is 1.19 bits per heavy atom. The van der Waals surface area contributed by atoms with Crippen LogP contribution in [-0.2, 0) is 11.4 Å². The minimum atomic E-state index is -0.589. The average Bonchev–Trinajstić information content (AvgIpc) is 2.90. The first-order chi connectivity index (χ1) is 12.5. The van der Waals surface area contributed by atoms with Crippen molar-refractivity contribution >= 4 is 29.6 Å². The van der Waals surface area contributed by atoms with Gasteiger partial charge in [0.05, 0.1) is 12.1 Å². The van der Waals surface area contributed by atoms with E-state index in [1.54, 1.807) is 24.3 Å². The first-order valence-electron chi connectivity index (χ1n) is 7.55. The van der Waals surface area contributed by atoms with Gasteiger partial charge in [-0.25, -0.2) is 9.18 Å². The van der Waals surface area contributed by atoms with E-state index in [9.17, 15) is 14.0 Å². The molecule has 0 aromatic heterocycles. The van der Waals surface area contributed by atoms with Crippen molar-refractivity contribution in [1.82, 2.24) is 10.6 Å². The fraction of sp³-hybridized carbons (Fsp3) is 0.111. The molecule has 0 spiro atoms. The molecular formula is C18H14ClFN2O4. The number of carbonyl (C=O) groups is 2. The lowest BCUT2D eigenvalue weighted by Crippen LogP contribution is -2.22. The second-order valence-corrected chi connectivity index (χ2v) is 5.83. The van der Waals surface area contributed by atoms with Crippen LogP contribution in [0.25, 0.3) is 6.08 Å². The molecule has 1 aliphatic heterocycles. The molecule has 0 bridgehead atoms. The van der Waals surface area contributed by atoms with Crippen molar-refractivity contribution in [2.45, 2.75) is 6.61 Å². The number of hydrogen-bond donors (Lipinski definition) is 2. The maximum atomic E-state index is 13.2. The van der Waals surface area contributed by atoms with Gasteiger partial charge in [0, 0.05) is 0 Å². The van der Waals surface area contributed by atoms with Gasteiger partial charge in [0.1, 0.15) is 18.1 Å². The molecule has 2 aromatic rings. The van der Waals surface area contributed by atoms with Crippen molar-refractivity contribution in [3.63, 3.8) is 0 Å². The number of amides is 3. The third-order valence-electron chi connectivity index (χ3n) is 3.55. The zero-order valence-electron chi connectivity index (χ0n) is 13.6. The number of hydrogen-bond acceptors (Lipinski definition) is 4. The number of carbonyl (C=O) groups excluding carboxylic acids is 2. The van der Waals surface area contributed by atoms with E-state index in [2.05, 4.69) is 10.6 Å². The Labute approximate surface area is 153 Å². The van der Waals surface area contributed by atoms with Crippen molar-refractivity contribution in [1.29, 1.82) is 0 Å². The molecule has 1 heterocycles. The molecule has 1 saturated heterocycles. The van der Waals surface area contributed by atoms with Crippen LogP contribution in [0.2, 0.25) is 5.02 Å². The summed E-state index contributed by atoms with van der Waals surface area (Å²) in [6.07, 6.45) is 1.46. The van der Waals surface area contributed by atoms with Crippen LogP contribution in [0, 0.1) is 5.82 Å². The summed E-state index contributed by atoms with van der Waals surface area (Å²) >= 11 is 6.27. The highest BCUT2D eigenvalue weighted by atomic mass is 35.5. The number of benzene rings is 2. The van der Waals surface area contributed by atoms with Crippen LogP contribution in [-0.4, -0.2) is 19.0 Å². The van der Waals surface area contributed by atoms with E-state index < -0.39 is 11.9 Å². The summed E-state index contributed by atoms with van der Waals surface area (Å²) in [5, 5.41) is 4.74. The average molecular weight is 377 g/mol. The Hall–Kier alpha value is -3.06. The van der Waals surface area contributed by atoms with E-state index in [-0.39, 0.29) is 23.1 Å². The number of methoxy groups -OCH3 is 1. The van der Waals surface area contributed by atoms with Crippen LogP contribution in [0.5, 0.6) is 11.5 Å². The standard InChI is InChI=1S/C18H14ClFN2O4/c1-25-15-8-11(7-14-17(23)22-18(24)21-14)6-13(19)16(15)26-9-10-3-2-4-12(20)5-10/h2-8H,9H2,1H3,(H2,21,22,23,24)/b14-7+. The second-order valence-electron chi connectivity index (χ2n) is 5.42. The summed E-state index contributed by atoms with van der Waals surface area (Å²) in [6.45, 7) is 0.104. The molecule has 0 unspecified atom stereocenters. The van der Waals surface area contributed by atoms with E-state index >= 15 is 0 Å². The van der Waals surface area contributed by atoms with Gasteiger partial charge in [-0.05, 0) is 41.5 Å². The van der Waals surface area contributed by atoms with Crippen LogP contribution in [0.3, 0.4) is 0 Å². The molecular weight excluding hydrogens is 363 g/mol. The summed E-state index contributed by atoms with van der Waals surface area (Å²) in [6, 6.07) is 8.60. The predicted octanol–water partition coefficient (Wildman–Crippen LogP) is 3.25. The molecule has 0 atom stereocenters. The minimum Gasteiger partial charge on any atom is -0.493 e. The van der Waals surface area contributed by atoms with Crippen molar-refractivity contribution in [3.8, 4) is 11.5 Å².